The zero-order valence-electron chi connectivity index (χ0n) is 8.90. The fourth-order valence-electron chi connectivity index (χ4n) is 2.15. The zero-order chi connectivity index (χ0) is 11.3. The largest absolute Gasteiger partial charge is 0.329 e. The number of imidazole rings is 1. The van der Waals surface area contributed by atoms with Crippen LogP contribution in [0.1, 0.15) is 6.04 Å². The van der Waals surface area contributed by atoms with Gasteiger partial charge in [0.2, 0.25) is 0 Å². The normalized spacial score (nSPS) is 16.6. The number of nitrogens with one attached hydrogen (secondary N) is 1. The van der Waals surface area contributed by atoms with Crippen LogP contribution in [0.15, 0.2) is 23.0 Å². The smallest absolute Gasteiger partial charge is 0.313 e. The number of halogens is 1. The maximum absolute atomic E-state index is 12.1. The summed E-state index contributed by atoms with van der Waals surface area (Å²) in [4.78, 5) is 12.1. The first kappa shape index (κ1) is 9.93. The second-order valence-corrected chi connectivity index (χ2v) is 4.59. The average molecular weight is 238 g/mol. The molecule has 0 bridgehead atoms. The van der Waals surface area contributed by atoms with Gasteiger partial charge in [0.05, 0.1) is 17.1 Å². The Bertz CT molecular complexity index is 609. The van der Waals surface area contributed by atoms with Crippen LogP contribution < -0.4 is 11.0 Å². The molecular weight excluding hydrogens is 226 g/mol. The molecule has 1 saturated heterocycles. The number of fused-ring (bicyclic) bond motifs is 1. The molecule has 0 unspecified atom stereocenters. The molecule has 0 atom stereocenters. The van der Waals surface area contributed by atoms with Crippen molar-refractivity contribution in [2.75, 3.05) is 13.1 Å². The molecule has 16 heavy (non-hydrogen) atoms. The predicted octanol–water partition coefficient (Wildman–Crippen LogP) is 1.14. The molecule has 0 saturated carbocycles. The number of nitrogens with zero attached hydrogens (tertiary/aromatic N) is 2. The van der Waals surface area contributed by atoms with Crippen molar-refractivity contribution in [3.05, 3.63) is 33.7 Å². The highest BCUT2D eigenvalue weighted by Gasteiger charge is 2.24. The average Bonchev–Trinajstić information content (AvgIpc) is 2.41. The fraction of sp³-hybridized carbons (Fsp3) is 0.364. The number of hydrogen-bond donors (Lipinski definition) is 1. The lowest BCUT2D eigenvalue weighted by Crippen LogP contribution is -2.46. The molecule has 1 N–H and O–H groups in total. The van der Waals surface area contributed by atoms with Gasteiger partial charge in [-0.15, -0.1) is 0 Å². The van der Waals surface area contributed by atoms with Crippen LogP contribution in [0.5, 0.6) is 0 Å². The standard InChI is InChI=1S/C11H12ClN3O/c1-14-9-3-2-7(12)4-10(9)15(11(14)16)8-5-13-6-8/h2-4,8,13H,5-6H2,1H3. The minimum Gasteiger partial charge on any atom is -0.313 e. The number of benzene rings is 1. The molecule has 3 rings (SSSR count). The van der Waals surface area contributed by atoms with Crippen LogP contribution in [0.2, 0.25) is 5.02 Å². The Morgan fingerprint density at radius 1 is 1.38 bits per heavy atom. The van der Waals surface area contributed by atoms with E-state index in [-0.39, 0.29) is 11.7 Å². The Morgan fingerprint density at radius 3 is 2.75 bits per heavy atom. The number of aromatic nitrogens is 2. The highest BCUT2D eigenvalue weighted by Crippen LogP contribution is 2.22. The third-order valence-electron chi connectivity index (χ3n) is 3.18. The van der Waals surface area contributed by atoms with Gasteiger partial charge in [0, 0.05) is 25.2 Å². The van der Waals surface area contributed by atoms with Gasteiger partial charge >= 0.3 is 5.69 Å². The maximum atomic E-state index is 12.1. The Labute approximate surface area is 97.4 Å². The highest BCUT2D eigenvalue weighted by atomic mass is 35.5. The lowest BCUT2D eigenvalue weighted by atomic mass is 10.1. The maximum Gasteiger partial charge on any atom is 0.329 e. The van der Waals surface area contributed by atoms with Crippen molar-refractivity contribution in [1.29, 1.82) is 0 Å². The summed E-state index contributed by atoms with van der Waals surface area (Å²) in [5.41, 5.74) is 1.89. The van der Waals surface area contributed by atoms with Gasteiger partial charge in [-0.2, -0.15) is 0 Å². The SMILES string of the molecule is Cn1c(=O)n(C2CNC2)c2cc(Cl)ccc21. The number of aryl methyl sites for hydroxylation is 1. The van der Waals surface area contributed by atoms with Crippen LogP contribution in [0.25, 0.3) is 11.0 Å². The predicted molar refractivity (Wildman–Crippen MR) is 64.1 cm³/mol. The van der Waals surface area contributed by atoms with Crippen molar-refractivity contribution in [2.45, 2.75) is 6.04 Å². The first-order valence-electron chi connectivity index (χ1n) is 5.25. The summed E-state index contributed by atoms with van der Waals surface area (Å²) in [6.45, 7) is 1.71. The third kappa shape index (κ3) is 1.23. The minimum atomic E-state index is 0.0313. The molecule has 1 aromatic carbocycles. The van der Waals surface area contributed by atoms with Crippen molar-refractivity contribution >= 4 is 22.6 Å². The highest BCUT2D eigenvalue weighted by molar-refractivity contribution is 6.31. The fourth-order valence-corrected chi connectivity index (χ4v) is 2.32. The van der Waals surface area contributed by atoms with E-state index in [2.05, 4.69) is 5.32 Å². The van der Waals surface area contributed by atoms with Gasteiger partial charge in [-0.05, 0) is 18.2 Å². The van der Waals surface area contributed by atoms with Gasteiger partial charge < -0.3 is 5.32 Å². The van der Waals surface area contributed by atoms with Crippen molar-refractivity contribution in [2.24, 2.45) is 7.05 Å². The van der Waals surface area contributed by atoms with E-state index in [1.54, 1.807) is 11.6 Å². The lowest BCUT2D eigenvalue weighted by Gasteiger charge is -2.28. The Kier molecular flexibility index (Phi) is 2.09. The molecular formula is C11H12ClN3O. The van der Waals surface area contributed by atoms with Crippen LogP contribution in [-0.4, -0.2) is 22.2 Å². The molecule has 1 fully saturated rings. The van der Waals surface area contributed by atoms with Crippen molar-refractivity contribution < 1.29 is 0 Å². The molecule has 0 amide bonds. The van der Waals surface area contributed by atoms with Crippen LogP contribution in [0.4, 0.5) is 0 Å². The van der Waals surface area contributed by atoms with Gasteiger partial charge in [-0.3, -0.25) is 9.13 Å². The van der Waals surface area contributed by atoms with Crippen LogP contribution in [0.3, 0.4) is 0 Å². The van der Waals surface area contributed by atoms with Crippen molar-refractivity contribution in [3.8, 4) is 0 Å². The zero-order valence-corrected chi connectivity index (χ0v) is 9.66. The molecule has 5 heteroatoms. The van der Waals surface area contributed by atoms with E-state index < -0.39 is 0 Å². The van der Waals surface area contributed by atoms with E-state index >= 15 is 0 Å². The topological polar surface area (TPSA) is 39.0 Å². The van der Waals surface area contributed by atoms with Crippen LogP contribution >= 0.6 is 11.6 Å². The number of hydrogen-bond acceptors (Lipinski definition) is 2. The lowest BCUT2D eigenvalue weighted by molar-refractivity contribution is 0.341. The Balaban J connectivity index is 2.36. The van der Waals surface area contributed by atoms with Gasteiger partial charge in [0.15, 0.2) is 0 Å². The third-order valence-corrected chi connectivity index (χ3v) is 3.41. The second kappa shape index (κ2) is 3.37. The molecule has 2 aromatic rings. The van der Waals surface area contributed by atoms with Gasteiger partial charge in [-0.25, -0.2) is 4.79 Å². The molecule has 1 aromatic heterocycles. The van der Waals surface area contributed by atoms with Gasteiger partial charge in [-0.1, -0.05) is 11.6 Å². The Morgan fingerprint density at radius 2 is 2.12 bits per heavy atom. The Hall–Kier alpha value is -1.26. The summed E-state index contributed by atoms with van der Waals surface area (Å²) >= 11 is 5.98. The van der Waals surface area contributed by atoms with Crippen LogP contribution in [0, 0.1) is 0 Å². The van der Waals surface area contributed by atoms with E-state index in [0.717, 1.165) is 24.1 Å². The molecule has 4 nitrogen and oxygen atoms in total. The van der Waals surface area contributed by atoms with E-state index in [1.807, 2.05) is 22.8 Å². The summed E-state index contributed by atoms with van der Waals surface area (Å²) in [6.07, 6.45) is 0. The molecule has 0 aliphatic carbocycles. The monoisotopic (exact) mass is 237 g/mol. The first-order chi connectivity index (χ1) is 7.68. The summed E-state index contributed by atoms with van der Waals surface area (Å²) in [5, 5.41) is 3.84. The quantitative estimate of drug-likeness (QED) is 0.808. The van der Waals surface area contributed by atoms with Crippen molar-refractivity contribution in [1.82, 2.24) is 14.5 Å². The second-order valence-electron chi connectivity index (χ2n) is 4.16. The molecule has 1 aliphatic heterocycles. The summed E-state index contributed by atoms with van der Waals surface area (Å²) in [5.74, 6) is 0. The molecule has 0 radical (unpaired) electrons. The summed E-state index contributed by atoms with van der Waals surface area (Å²) in [6, 6.07) is 5.82. The van der Waals surface area contributed by atoms with E-state index in [4.69, 9.17) is 11.6 Å². The number of rotatable bonds is 1. The van der Waals surface area contributed by atoms with Crippen molar-refractivity contribution in [3.63, 3.8) is 0 Å². The van der Waals surface area contributed by atoms with E-state index in [0.29, 0.717) is 5.02 Å². The molecule has 1 aliphatic rings. The summed E-state index contributed by atoms with van der Waals surface area (Å²) in [7, 11) is 1.79. The van der Waals surface area contributed by atoms with Gasteiger partial charge in [0.1, 0.15) is 0 Å². The molecule has 2 heterocycles. The van der Waals surface area contributed by atoms with Gasteiger partial charge in [0.25, 0.3) is 0 Å². The summed E-state index contributed by atoms with van der Waals surface area (Å²) < 4.78 is 3.50. The first-order valence-corrected chi connectivity index (χ1v) is 5.63. The van der Waals surface area contributed by atoms with Crippen LogP contribution in [-0.2, 0) is 7.05 Å². The minimum absolute atomic E-state index is 0.0313. The molecule has 0 spiro atoms. The van der Waals surface area contributed by atoms with E-state index in [9.17, 15) is 4.79 Å². The van der Waals surface area contributed by atoms with E-state index in [1.165, 1.54) is 0 Å². The molecule has 84 valence electrons.